The molecule has 0 bridgehead atoms. The van der Waals surface area contributed by atoms with E-state index in [-0.39, 0.29) is 22.9 Å². The van der Waals surface area contributed by atoms with Gasteiger partial charge in [-0.2, -0.15) is 0 Å². The highest BCUT2D eigenvalue weighted by molar-refractivity contribution is 6.62. The summed E-state index contributed by atoms with van der Waals surface area (Å²) < 4.78 is 39.0. The highest BCUT2D eigenvalue weighted by Gasteiger charge is 2.52. The Labute approximate surface area is 153 Å². The van der Waals surface area contributed by atoms with Crippen LogP contribution in [0, 0.1) is 5.92 Å². The second-order valence-corrected chi connectivity index (χ2v) is 7.99. The molecule has 1 amide bonds. The third-order valence-electron chi connectivity index (χ3n) is 5.45. The molecular formula is C19H24BF2NO3. The van der Waals surface area contributed by atoms with Crippen LogP contribution in [0.2, 0.25) is 0 Å². The maximum atomic E-state index is 13.6. The molecule has 0 unspecified atom stereocenters. The number of carbonyl (C=O) groups excluding carboxylic acids is 1. The molecule has 1 saturated carbocycles. The molecule has 0 radical (unpaired) electrons. The molecule has 1 aromatic carbocycles. The molecule has 0 aromatic heterocycles. The van der Waals surface area contributed by atoms with Gasteiger partial charge in [0, 0.05) is 16.8 Å². The topological polar surface area (TPSA) is 47.6 Å². The van der Waals surface area contributed by atoms with Crippen molar-refractivity contribution in [3.05, 3.63) is 35.9 Å². The second kappa shape index (κ2) is 6.46. The molecule has 1 heterocycles. The first-order chi connectivity index (χ1) is 12.0. The number of alkyl halides is 2. The van der Waals surface area contributed by atoms with E-state index in [2.05, 4.69) is 11.9 Å². The summed E-state index contributed by atoms with van der Waals surface area (Å²) in [6.07, 6.45) is -0.808. The third-order valence-corrected chi connectivity index (χ3v) is 5.45. The second-order valence-electron chi connectivity index (χ2n) is 7.99. The number of hydrogen-bond acceptors (Lipinski definition) is 3. The highest BCUT2D eigenvalue weighted by atomic mass is 19.3. The number of benzene rings is 1. The number of rotatable bonds is 5. The largest absolute Gasteiger partial charge is 0.495 e. The van der Waals surface area contributed by atoms with E-state index < -0.39 is 24.7 Å². The molecule has 1 aliphatic heterocycles. The minimum Gasteiger partial charge on any atom is -0.399 e. The summed E-state index contributed by atoms with van der Waals surface area (Å²) in [5.41, 5.74) is -0.361. The van der Waals surface area contributed by atoms with Crippen LogP contribution in [0.25, 0.3) is 0 Å². The molecule has 140 valence electrons. The lowest BCUT2D eigenvalue weighted by Gasteiger charge is -2.32. The van der Waals surface area contributed by atoms with Gasteiger partial charge in [0.25, 0.3) is 12.3 Å². The molecule has 2 aliphatic rings. The van der Waals surface area contributed by atoms with Crippen LogP contribution in [0.5, 0.6) is 0 Å². The zero-order valence-electron chi connectivity index (χ0n) is 15.6. The van der Waals surface area contributed by atoms with Crippen molar-refractivity contribution in [3.8, 4) is 0 Å². The highest BCUT2D eigenvalue weighted by Crippen LogP contribution is 2.38. The van der Waals surface area contributed by atoms with Gasteiger partial charge in [0.15, 0.2) is 0 Å². The number of carbonyl (C=O) groups is 1. The lowest BCUT2D eigenvalue weighted by Crippen LogP contribution is -2.41. The predicted molar refractivity (Wildman–Crippen MR) is 97.6 cm³/mol. The Hall–Kier alpha value is -1.73. The van der Waals surface area contributed by atoms with Crippen LogP contribution in [0.4, 0.5) is 14.5 Å². The van der Waals surface area contributed by atoms with Gasteiger partial charge in [0.05, 0.1) is 11.2 Å². The maximum absolute atomic E-state index is 13.6. The average molecular weight is 363 g/mol. The molecule has 1 N–H and O–H groups in total. The van der Waals surface area contributed by atoms with E-state index in [1.807, 2.05) is 27.7 Å². The fourth-order valence-electron chi connectivity index (χ4n) is 2.85. The van der Waals surface area contributed by atoms with Crippen LogP contribution in [0.3, 0.4) is 0 Å². The van der Waals surface area contributed by atoms with Crippen molar-refractivity contribution in [2.75, 3.05) is 5.32 Å². The fourth-order valence-corrected chi connectivity index (χ4v) is 2.85. The van der Waals surface area contributed by atoms with Gasteiger partial charge in [-0.05, 0) is 64.1 Å². The monoisotopic (exact) mass is 363 g/mol. The van der Waals surface area contributed by atoms with Crippen LogP contribution >= 0.6 is 0 Å². The van der Waals surface area contributed by atoms with Gasteiger partial charge < -0.3 is 14.6 Å². The van der Waals surface area contributed by atoms with Gasteiger partial charge in [0.2, 0.25) is 0 Å². The first-order valence-corrected chi connectivity index (χ1v) is 8.79. The van der Waals surface area contributed by atoms with Crippen LogP contribution in [-0.4, -0.2) is 24.2 Å². The molecule has 1 aromatic rings. The number of hydrogen-bond donors (Lipinski definition) is 1. The summed E-state index contributed by atoms with van der Waals surface area (Å²) in [6, 6.07) is 4.40. The van der Waals surface area contributed by atoms with Crippen molar-refractivity contribution in [1.29, 1.82) is 0 Å². The van der Waals surface area contributed by atoms with Crippen molar-refractivity contribution >= 4 is 24.2 Å². The van der Waals surface area contributed by atoms with E-state index in [9.17, 15) is 13.6 Å². The third kappa shape index (κ3) is 3.55. The lowest BCUT2D eigenvalue weighted by molar-refractivity contribution is -0.113. The van der Waals surface area contributed by atoms with E-state index in [0.717, 1.165) is 12.8 Å². The Morgan fingerprint density at radius 2 is 1.81 bits per heavy atom. The Bertz CT molecular complexity index is 728. The Balaban J connectivity index is 1.84. The molecule has 2 fully saturated rings. The number of nitrogens with one attached hydrogen (secondary N) is 1. The first-order valence-electron chi connectivity index (χ1n) is 8.79. The Morgan fingerprint density at radius 3 is 2.31 bits per heavy atom. The van der Waals surface area contributed by atoms with Gasteiger partial charge in [0.1, 0.15) is 0 Å². The first kappa shape index (κ1) is 19.0. The quantitative estimate of drug-likeness (QED) is 0.639. The van der Waals surface area contributed by atoms with Gasteiger partial charge in [-0.1, -0.05) is 12.6 Å². The van der Waals surface area contributed by atoms with Crippen molar-refractivity contribution in [3.63, 3.8) is 0 Å². The molecule has 3 rings (SSSR count). The molecule has 0 atom stereocenters. The van der Waals surface area contributed by atoms with Gasteiger partial charge >= 0.3 is 7.12 Å². The average Bonchev–Trinajstić information content (AvgIpc) is 3.34. The van der Waals surface area contributed by atoms with Crippen LogP contribution in [-0.2, 0) is 14.1 Å². The molecule has 7 heteroatoms. The predicted octanol–water partition coefficient (Wildman–Crippen LogP) is 3.83. The molecule has 4 nitrogen and oxygen atoms in total. The number of halogens is 2. The van der Waals surface area contributed by atoms with Gasteiger partial charge in [-0.3, -0.25) is 4.79 Å². The standard InChI is InChI=1S/C19H24BF2NO3/c1-11(12-6-7-12)17(24)23-13-8-9-15(14(10-13)16(21)22)20-25-18(2,3)19(4,5)26-20/h8-10,12,16H,1,6-7H2,2-5H3,(H,23,24). The zero-order valence-corrected chi connectivity index (χ0v) is 15.6. The van der Waals surface area contributed by atoms with Crippen molar-refractivity contribution in [2.45, 2.75) is 58.2 Å². The molecule has 26 heavy (non-hydrogen) atoms. The minimum absolute atomic E-state index is 0.210. The molecular weight excluding hydrogens is 339 g/mol. The summed E-state index contributed by atoms with van der Waals surface area (Å²) >= 11 is 0. The van der Waals surface area contributed by atoms with E-state index in [0.29, 0.717) is 11.3 Å². The van der Waals surface area contributed by atoms with Crippen molar-refractivity contribution in [2.24, 2.45) is 5.92 Å². The van der Waals surface area contributed by atoms with Crippen LogP contribution in [0.15, 0.2) is 30.4 Å². The van der Waals surface area contributed by atoms with Gasteiger partial charge in [-0.25, -0.2) is 8.78 Å². The molecule has 1 saturated heterocycles. The summed E-state index contributed by atoms with van der Waals surface area (Å²) in [5, 5.41) is 2.66. The lowest BCUT2D eigenvalue weighted by atomic mass is 9.76. The smallest absolute Gasteiger partial charge is 0.399 e. The van der Waals surface area contributed by atoms with Gasteiger partial charge in [-0.15, -0.1) is 0 Å². The number of anilines is 1. The molecule has 0 spiro atoms. The normalized spacial score (nSPS) is 21.1. The van der Waals surface area contributed by atoms with Crippen LogP contribution in [0.1, 0.15) is 52.5 Å². The molecule has 1 aliphatic carbocycles. The van der Waals surface area contributed by atoms with E-state index in [4.69, 9.17) is 9.31 Å². The summed E-state index contributed by atoms with van der Waals surface area (Å²) in [6.45, 7) is 11.3. The van der Waals surface area contributed by atoms with Crippen molar-refractivity contribution < 1.29 is 22.9 Å². The van der Waals surface area contributed by atoms with E-state index in [1.165, 1.54) is 12.1 Å². The Morgan fingerprint density at radius 1 is 1.23 bits per heavy atom. The summed E-state index contributed by atoms with van der Waals surface area (Å²) in [7, 11) is -0.879. The van der Waals surface area contributed by atoms with E-state index in [1.54, 1.807) is 6.07 Å². The fraction of sp³-hybridized carbons (Fsp3) is 0.526. The van der Waals surface area contributed by atoms with Crippen molar-refractivity contribution in [1.82, 2.24) is 0 Å². The maximum Gasteiger partial charge on any atom is 0.495 e. The van der Waals surface area contributed by atoms with E-state index >= 15 is 0 Å². The zero-order chi connectivity index (χ0) is 19.3. The van der Waals surface area contributed by atoms with Crippen LogP contribution < -0.4 is 10.8 Å². The Kier molecular flexibility index (Phi) is 4.73. The SMILES string of the molecule is C=C(C(=O)Nc1ccc(B2OC(C)(C)C(C)(C)O2)c(C(F)F)c1)C1CC1. The summed E-state index contributed by atoms with van der Waals surface area (Å²) in [4.78, 5) is 12.1. The summed E-state index contributed by atoms with van der Waals surface area (Å²) in [5.74, 6) is -0.107. The number of amides is 1. The minimum atomic E-state index is -2.72.